The average molecular weight is 320 g/mol. The van der Waals surface area contributed by atoms with Crippen molar-refractivity contribution in [1.82, 2.24) is 10.3 Å². The van der Waals surface area contributed by atoms with Gasteiger partial charge in [0.15, 0.2) is 5.01 Å². The third-order valence-corrected chi connectivity index (χ3v) is 4.84. The molecular formula is C16H20N2O3S. The number of nitrogens with one attached hydrogen (secondary N) is 1. The zero-order valence-electron chi connectivity index (χ0n) is 12.4. The maximum Gasteiger partial charge on any atom is 0.223 e. The van der Waals surface area contributed by atoms with Crippen LogP contribution in [0.4, 0.5) is 0 Å². The maximum atomic E-state index is 10.2. The molecule has 0 saturated carbocycles. The largest absolute Gasteiger partial charge is 0.389 e. The summed E-state index contributed by atoms with van der Waals surface area (Å²) in [7, 11) is 1.62. The van der Waals surface area contributed by atoms with Crippen molar-refractivity contribution in [3.8, 4) is 0 Å². The number of rotatable bonds is 5. The average Bonchev–Trinajstić information content (AvgIpc) is 3.10. The van der Waals surface area contributed by atoms with E-state index in [0.29, 0.717) is 13.0 Å². The number of methoxy groups -OCH3 is 1. The fourth-order valence-electron chi connectivity index (χ4n) is 2.66. The van der Waals surface area contributed by atoms with Crippen LogP contribution in [0.15, 0.2) is 41.9 Å². The number of hydrogen-bond donors (Lipinski definition) is 2. The van der Waals surface area contributed by atoms with Gasteiger partial charge in [-0.3, -0.25) is 0 Å². The van der Waals surface area contributed by atoms with E-state index in [4.69, 9.17) is 9.47 Å². The van der Waals surface area contributed by atoms with Crippen LogP contribution in [0.25, 0.3) is 0 Å². The smallest absolute Gasteiger partial charge is 0.223 e. The molecule has 1 saturated heterocycles. The van der Waals surface area contributed by atoms with E-state index in [9.17, 15) is 5.11 Å². The second-order valence-electron chi connectivity index (χ2n) is 5.35. The van der Waals surface area contributed by atoms with E-state index in [1.54, 1.807) is 13.3 Å². The standard InChI is InChI=1S/C16H20N2O3S/c1-20-16(15-17-7-8-22-15)9-13(14(19)11-21-16)18-10-12-5-3-2-4-6-12/h2-8,13-14,18-19H,9-11H2,1H3/t13-,14-,16-/m1/s1. The van der Waals surface area contributed by atoms with Gasteiger partial charge in [0.1, 0.15) is 0 Å². The SMILES string of the molecule is CO[C@]1(c2nccs2)C[C@@H](NCc2ccccc2)[C@H](O)CO1. The highest BCUT2D eigenvalue weighted by Crippen LogP contribution is 2.37. The van der Waals surface area contributed by atoms with Gasteiger partial charge in [0, 0.05) is 37.7 Å². The van der Waals surface area contributed by atoms with Crippen molar-refractivity contribution in [1.29, 1.82) is 0 Å². The summed E-state index contributed by atoms with van der Waals surface area (Å²) < 4.78 is 11.4. The van der Waals surface area contributed by atoms with Gasteiger partial charge in [-0.15, -0.1) is 11.3 Å². The summed E-state index contributed by atoms with van der Waals surface area (Å²) in [6, 6.07) is 10.0. The van der Waals surface area contributed by atoms with E-state index in [2.05, 4.69) is 22.4 Å². The van der Waals surface area contributed by atoms with Gasteiger partial charge in [0.05, 0.1) is 12.7 Å². The maximum absolute atomic E-state index is 10.2. The van der Waals surface area contributed by atoms with Gasteiger partial charge in [-0.25, -0.2) is 4.98 Å². The van der Waals surface area contributed by atoms with Gasteiger partial charge in [-0.1, -0.05) is 30.3 Å². The van der Waals surface area contributed by atoms with Crippen LogP contribution >= 0.6 is 11.3 Å². The topological polar surface area (TPSA) is 63.6 Å². The molecule has 0 bridgehead atoms. The molecule has 1 aliphatic heterocycles. The second-order valence-corrected chi connectivity index (χ2v) is 6.24. The van der Waals surface area contributed by atoms with Crippen LogP contribution in [0, 0.1) is 0 Å². The molecule has 2 heterocycles. The molecule has 0 radical (unpaired) electrons. The van der Waals surface area contributed by atoms with Crippen molar-refractivity contribution in [3.63, 3.8) is 0 Å². The van der Waals surface area contributed by atoms with Crippen molar-refractivity contribution in [2.24, 2.45) is 0 Å². The van der Waals surface area contributed by atoms with Crippen LogP contribution in [-0.4, -0.2) is 36.0 Å². The minimum absolute atomic E-state index is 0.113. The quantitative estimate of drug-likeness (QED) is 0.881. The first-order chi connectivity index (χ1) is 10.7. The molecule has 2 N–H and O–H groups in total. The van der Waals surface area contributed by atoms with E-state index in [0.717, 1.165) is 5.01 Å². The first kappa shape index (κ1) is 15.6. The van der Waals surface area contributed by atoms with Gasteiger partial charge >= 0.3 is 0 Å². The van der Waals surface area contributed by atoms with Gasteiger partial charge < -0.3 is 19.9 Å². The lowest BCUT2D eigenvalue weighted by molar-refractivity contribution is -0.275. The molecule has 0 amide bonds. The molecule has 118 valence electrons. The van der Waals surface area contributed by atoms with E-state index < -0.39 is 11.9 Å². The highest BCUT2D eigenvalue weighted by Gasteiger charge is 2.45. The molecule has 5 nitrogen and oxygen atoms in total. The second kappa shape index (κ2) is 6.85. The van der Waals surface area contributed by atoms with Crippen LogP contribution in [-0.2, 0) is 21.8 Å². The lowest BCUT2D eigenvalue weighted by Gasteiger charge is -2.41. The fourth-order valence-corrected chi connectivity index (χ4v) is 3.44. The van der Waals surface area contributed by atoms with Crippen molar-refractivity contribution < 1.29 is 14.6 Å². The molecule has 3 rings (SSSR count). The Bertz CT molecular complexity index is 578. The predicted molar refractivity (Wildman–Crippen MR) is 84.4 cm³/mol. The van der Waals surface area contributed by atoms with E-state index in [1.165, 1.54) is 16.9 Å². The molecule has 1 fully saturated rings. The molecular weight excluding hydrogens is 300 g/mol. The lowest BCUT2D eigenvalue weighted by atomic mass is 9.97. The Kier molecular flexibility index (Phi) is 4.85. The summed E-state index contributed by atoms with van der Waals surface area (Å²) in [5, 5.41) is 16.3. The minimum atomic E-state index is -0.873. The van der Waals surface area contributed by atoms with Gasteiger partial charge in [0.2, 0.25) is 5.79 Å². The summed E-state index contributed by atoms with van der Waals surface area (Å²) in [6.07, 6.45) is 1.69. The van der Waals surface area contributed by atoms with Gasteiger partial charge in [-0.2, -0.15) is 0 Å². The molecule has 22 heavy (non-hydrogen) atoms. The molecule has 3 atom stereocenters. The van der Waals surface area contributed by atoms with Crippen LogP contribution in [0.1, 0.15) is 17.0 Å². The number of benzene rings is 1. The zero-order valence-corrected chi connectivity index (χ0v) is 13.3. The van der Waals surface area contributed by atoms with E-state index in [1.807, 2.05) is 23.6 Å². The number of hydrogen-bond acceptors (Lipinski definition) is 6. The van der Waals surface area contributed by atoms with Crippen LogP contribution in [0.5, 0.6) is 0 Å². The Morgan fingerprint density at radius 2 is 2.27 bits per heavy atom. The molecule has 6 heteroatoms. The highest BCUT2D eigenvalue weighted by atomic mass is 32.1. The van der Waals surface area contributed by atoms with Crippen LogP contribution in [0.2, 0.25) is 0 Å². The molecule has 1 aliphatic rings. The number of nitrogens with zero attached hydrogens (tertiary/aromatic N) is 1. The number of aliphatic hydroxyl groups excluding tert-OH is 1. The number of aliphatic hydroxyl groups is 1. The third-order valence-electron chi connectivity index (χ3n) is 3.94. The van der Waals surface area contributed by atoms with Crippen LogP contribution < -0.4 is 5.32 Å². The Balaban J connectivity index is 1.70. The van der Waals surface area contributed by atoms with Crippen molar-refractivity contribution in [3.05, 3.63) is 52.5 Å². The Labute approximate surface area is 133 Å². The monoisotopic (exact) mass is 320 g/mol. The number of aromatic nitrogens is 1. The summed E-state index contributed by atoms with van der Waals surface area (Å²) >= 11 is 1.50. The third kappa shape index (κ3) is 3.21. The summed E-state index contributed by atoms with van der Waals surface area (Å²) in [4.78, 5) is 4.32. The van der Waals surface area contributed by atoms with Crippen molar-refractivity contribution >= 4 is 11.3 Å². The minimum Gasteiger partial charge on any atom is -0.389 e. The Morgan fingerprint density at radius 1 is 1.45 bits per heavy atom. The van der Waals surface area contributed by atoms with E-state index >= 15 is 0 Å². The van der Waals surface area contributed by atoms with Crippen LogP contribution in [0.3, 0.4) is 0 Å². The Morgan fingerprint density at radius 3 is 2.95 bits per heavy atom. The van der Waals surface area contributed by atoms with Crippen molar-refractivity contribution in [2.45, 2.75) is 30.9 Å². The molecule has 0 unspecified atom stereocenters. The fraction of sp³-hybridized carbons (Fsp3) is 0.438. The summed E-state index contributed by atoms with van der Waals surface area (Å²) in [5.41, 5.74) is 1.18. The normalized spacial score (nSPS) is 28.6. The molecule has 0 aliphatic carbocycles. The number of ether oxygens (including phenoxy) is 2. The molecule has 2 aromatic rings. The Hall–Kier alpha value is -1.31. The molecule has 1 aromatic carbocycles. The summed E-state index contributed by atoms with van der Waals surface area (Å²) in [6.45, 7) is 0.917. The van der Waals surface area contributed by atoms with Crippen molar-refractivity contribution in [2.75, 3.05) is 13.7 Å². The first-order valence-corrected chi connectivity index (χ1v) is 8.16. The zero-order chi connectivity index (χ0) is 15.4. The lowest BCUT2D eigenvalue weighted by Crippen LogP contribution is -2.54. The highest BCUT2D eigenvalue weighted by molar-refractivity contribution is 7.09. The number of thiazole rings is 1. The van der Waals surface area contributed by atoms with E-state index in [-0.39, 0.29) is 12.6 Å². The van der Waals surface area contributed by atoms with Gasteiger partial charge in [0.25, 0.3) is 0 Å². The molecule has 1 aromatic heterocycles. The summed E-state index contributed by atoms with van der Waals surface area (Å²) in [5.74, 6) is -0.873. The molecule has 0 spiro atoms. The van der Waals surface area contributed by atoms with Gasteiger partial charge in [-0.05, 0) is 5.56 Å². The first-order valence-electron chi connectivity index (χ1n) is 7.28. The predicted octanol–water partition coefficient (Wildman–Crippen LogP) is 1.88.